The average molecular weight is 269 g/mol. The molecule has 20 heavy (non-hydrogen) atoms. The van der Waals surface area contributed by atoms with E-state index in [9.17, 15) is 9.59 Å². The number of anilines is 1. The number of hydrogen-bond acceptors (Lipinski definition) is 3. The molecule has 0 spiro atoms. The van der Waals surface area contributed by atoms with Crippen LogP contribution < -0.4 is 5.32 Å². The van der Waals surface area contributed by atoms with Gasteiger partial charge in [0.05, 0.1) is 5.56 Å². The number of esters is 1. The van der Waals surface area contributed by atoms with Crippen LogP contribution in [0.2, 0.25) is 0 Å². The molecule has 2 rings (SSSR count). The third-order valence-corrected chi connectivity index (χ3v) is 2.76. The highest BCUT2D eigenvalue weighted by molar-refractivity contribution is 5.96. The van der Waals surface area contributed by atoms with Crippen molar-refractivity contribution in [3.05, 3.63) is 65.7 Å². The second-order valence-corrected chi connectivity index (χ2v) is 4.31. The van der Waals surface area contributed by atoms with Crippen LogP contribution in [0.3, 0.4) is 0 Å². The molecule has 0 saturated carbocycles. The van der Waals surface area contributed by atoms with Crippen molar-refractivity contribution in [2.45, 2.75) is 6.92 Å². The van der Waals surface area contributed by atoms with Crippen molar-refractivity contribution in [3.8, 4) is 0 Å². The first kappa shape index (κ1) is 13.8. The monoisotopic (exact) mass is 269 g/mol. The summed E-state index contributed by atoms with van der Waals surface area (Å²) in [5.41, 5.74) is 1.96. The largest absolute Gasteiger partial charge is 0.452 e. The Morgan fingerprint density at radius 3 is 2.35 bits per heavy atom. The molecule has 1 N–H and O–H groups in total. The molecular weight excluding hydrogens is 254 g/mol. The number of carbonyl (C=O) groups is 2. The number of nitrogens with one attached hydrogen (secondary N) is 1. The van der Waals surface area contributed by atoms with Gasteiger partial charge in [-0.15, -0.1) is 0 Å². The van der Waals surface area contributed by atoms with E-state index in [2.05, 4.69) is 5.32 Å². The zero-order chi connectivity index (χ0) is 14.4. The molecule has 0 heterocycles. The van der Waals surface area contributed by atoms with Gasteiger partial charge in [-0.2, -0.15) is 0 Å². The Morgan fingerprint density at radius 2 is 1.65 bits per heavy atom. The van der Waals surface area contributed by atoms with Crippen LogP contribution in [-0.2, 0) is 9.53 Å². The second-order valence-electron chi connectivity index (χ2n) is 4.31. The lowest BCUT2D eigenvalue weighted by Gasteiger charge is -2.07. The van der Waals surface area contributed by atoms with Crippen LogP contribution in [0.5, 0.6) is 0 Å². The van der Waals surface area contributed by atoms with Crippen LogP contribution in [0.25, 0.3) is 0 Å². The fourth-order valence-corrected chi connectivity index (χ4v) is 1.73. The van der Waals surface area contributed by atoms with E-state index in [1.165, 1.54) is 0 Å². The minimum absolute atomic E-state index is 0.304. The zero-order valence-corrected chi connectivity index (χ0v) is 11.1. The molecule has 0 aliphatic carbocycles. The quantitative estimate of drug-likeness (QED) is 0.868. The molecule has 2 aromatic carbocycles. The number of para-hydroxylation sites is 1. The van der Waals surface area contributed by atoms with Gasteiger partial charge in [0.2, 0.25) is 0 Å². The van der Waals surface area contributed by atoms with Gasteiger partial charge in [0.15, 0.2) is 6.61 Å². The Balaban J connectivity index is 1.88. The lowest BCUT2D eigenvalue weighted by atomic mass is 10.1. The summed E-state index contributed by atoms with van der Waals surface area (Å²) in [6.45, 7) is 1.52. The van der Waals surface area contributed by atoms with Crippen molar-refractivity contribution in [2.24, 2.45) is 0 Å². The first-order valence-electron chi connectivity index (χ1n) is 6.24. The predicted molar refractivity (Wildman–Crippen MR) is 76.5 cm³/mol. The standard InChI is InChI=1S/C16H15NO3/c1-12-7-5-6-10-14(12)16(19)20-11-15(18)17-13-8-3-2-4-9-13/h2-10H,11H2,1H3,(H,17,18). The maximum atomic E-state index is 11.8. The molecule has 0 saturated heterocycles. The first-order valence-corrected chi connectivity index (χ1v) is 6.24. The summed E-state index contributed by atoms with van der Waals surface area (Å²) in [7, 11) is 0. The molecule has 0 radical (unpaired) electrons. The molecule has 4 nitrogen and oxygen atoms in total. The van der Waals surface area contributed by atoms with E-state index >= 15 is 0 Å². The van der Waals surface area contributed by atoms with Crippen LogP contribution in [-0.4, -0.2) is 18.5 Å². The minimum Gasteiger partial charge on any atom is -0.452 e. The Kier molecular flexibility index (Phi) is 4.50. The predicted octanol–water partition coefficient (Wildman–Crippen LogP) is 2.79. The summed E-state index contributed by atoms with van der Waals surface area (Å²) in [6.07, 6.45) is 0. The minimum atomic E-state index is -0.494. The van der Waals surface area contributed by atoms with Crippen LogP contribution in [0.1, 0.15) is 15.9 Å². The van der Waals surface area contributed by atoms with Crippen LogP contribution in [0.4, 0.5) is 5.69 Å². The molecule has 0 aliphatic heterocycles. The van der Waals surface area contributed by atoms with Crippen LogP contribution in [0, 0.1) is 6.92 Å². The Bertz CT molecular complexity index is 608. The molecule has 0 fully saturated rings. The molecule has 0 bridgehead atoms. The smallest absolute Gasteiger partial charge is 0.338 e. The average Bonchev–Trinajstić information content (AvgIpc) is 2.46. The highest BCUT2D eigenvalue weighted by atomic mass is 16.5. The summed E-state index contributed by atoms with van der Waals surface area (Å²) >= 11 is 0. The lowest BCUT2D eigenvalue weighted by Crippen LogP contribution is -2.21. The molecule has 0 atom stereocenters. The number of carbonyl (C=O) groups excluding carboxylic acids is 2. The van der Waals surface area contributed by atoms with Gasteiger partial charge in [0.1, 0.15) is 0 Å². The molecular formula is C16H15NO3. The number of amides is 1. The Labute approximate surface area is 117 Å². The second kappa shape index (κ2) is 6.52. The van der Waals surface area contributed by atoms with Gasteiger partial charge in [0.25, 0.3) is 5.91 Å². The van der Waals surface area contributed by atoms with Crippen molar-refractivity contribution < 1.29 is 14.3 Å². The molecule has 0 unspecified atom stereocenters. The summed E-state index contributed by atoms with van der Waals surface area (Å²) in [5, 5.41) is 2.65. The van der Waals surface area contributed by atoms with Gasteiger partial charge in [-0.05, 0) is 30.7 Å². The van der Waals surface area contributed by atoms with E-state index in [0.717, 1.165) is 5.56 Å². The maximum absolute atomic E-state index is 11.8. The summed E-state index contributed by atoms with van der Waals surface area (Å²) in [5.74, 6) is -0.857. The van der Waals surface area contributed by atoms with E-state index in [0.29, 0.717) is 11.3 Å². The number of ether oxygens (including phenoxy) is 1. The lowest BCUT2D eigenvalue weighted by molar-refractivity contribution is -0.119. The highest BCUT2D eigenvalue weighted by Crippen LogP contribution is 2.09. The topological polar surface area (TPSA) is 55.4 Å². The van der Waals surface area contributed by atoms with Gasteiger partial charge in [-0.25, -0.2) is 4.79 Å². The number of benzene rings is 2. The van der Waals surface area contributed by atoms with E-state index in [1.807, 2.05) is 37.3 Å². The van der Waals surface area contributed by atoms with Crippen molar-refractivity contribution in [2.75, 3.05) is 11.9 Å². The molecule has 1 amide bonds. The number of rotatable bonds is 4. The van der Waals surface area contributed by atoms with Crippen molar-refractivity contribution in [1.82, 2.24) is 0 Å². The summed E-state index contributed by atoms with van der Waals surface area (Å²) in [6, 6.07) is 16.1. The normalized spacial score (nSPS) is 9.85. The van der Waals surface area contributed by atoms with Gasteiger partial charge in [0, 0.05) is 5.69 Å². The molecule has 102 valence electrons. The molecule has 0 aliphatic rings. The maximum Gasteiger partial charge on any atom is 0.338 e. The van der Waals surface area contributed by atoms with Gasteiger partial charge >= 0.3 is 5.97 Å². The number of aryl methyl sites for hydroxylation is 1. The third-order valence-electron chi connectivity index (χ3n) is 2.76. The van der Waals surface area contributed by atoms with E-state index < -0.39 is 5.97 Å². The van der Waals surface area contributed by atoms with Gasteiger partial charge in [-0.3, -0.25) is 4.79 Å². The first-order chi connectivity index (χ1) is 9.66. The van der Waals surface area contributed by atoms with Crippen molar-refractivity contribution >= 4 is 17.6 Å². The van der Waals surface area contributed by atoms with Crippen LogP contribution >= 0.6 is 0 Å². The molecule has 2 aromatic rings. The fourth-order valence-electron chi connectivity index (χ4n) is 1.73. The van der Waals surface area contributed by atoms with Crippen molar-refractivity contribution in [3.63, 3.8) is 0 Å². The van der Waals surface area contributed by atoms with Gasteiger partial charge < -0.3 is 10.1 Å². The zero-order valence-electron chi connectivity index (χ0n) is 11.1. The number of hydrogen-bond donors (Lipinski definition) is 1. The summed E-state index contributed by atoms with van der Waals surface area (Å²) < 4.78 is 4.99. The Morgan fingerprint density at radius 1 is 1.00 bits per heavy atom. The Hall–Kier alpha value is -2.62. The third kappa shape index (κ3) is 3.68. The highest BCUT2D eigenvalue weighted by Gasteiger charge is 2.11. The van der Waals surface area contributed by atoms with Crippen molar-refractivity contribution in [1.29, 1.82) is 0 Å². The molecule has 0 aromatic heterocycles. The molecule has 4 heteroatoms. The van der Waals surface area contributed by atoms with E-state index in [4.69, 9.17) is 4.74 Å². The van der Waals surface area contributed by atoms with E-state index in [1.54, 1.807) is 24.3 Å². The fraction of sp³-hybridized carbons (Fsp3) is 0.125. The van der Waals surface area contributed by atoms with Gasteiger partial charge in [-0.1, -0.05) is 36.4 Å². The SMILES string of the molecule is Cc1ccccc1C(=O)OCC(=O)Nc1ccccc1. The summed E-state index contributed by atoms with van der Waals surface area (Å²) in [4.78, 5) is 23.5. The van der Waals surface area contributed by atoms with E-state index in [-0.39, 0.29) is 12.5 Å². The van der Waals surface area contributed by atoms with Crippen LogP contribution in [0.15, 0.2) is 54.6 Å².